The van der Waals surface area contributed by atoms with Gasteiger partial charge in [-0.15, -0.1) is 11.3 Å². The van der Waals surface area contributed by atoms with E-state index in [0.717, 1.165) is 36.3 Å². The van der Waals surface area contributed by atoms with E-state index in [4.69, 9.17) is 0 Å². The van der Waals surface area contributed by atoms with Gasteiger partial charge in [-0.1, -0.05) is 6.07 Å². The molecule has 0 bridgehead atoms. The Labute approximate surface area is 157 Å². The fourth-order valence-electron chi connectivity index (χ4n) is 2.22. The molecule has 1 saturated carbocycles. The molecule has 10 heteroatoms. The van der Waals surface area contributed by atoms with Gasteiger partial charge in [0.2, 0.25) is 5.91 Å². The lowest BCUT2D eigenvalue weighted by Gasteiger charge is -2.12. The molecule has 6 nitrogen and oxygen atoms in total. The molecule has 144 valence electrons. The maximum Gasteiger partial charge on any atom is 0.416 e. The van der Waals surface area contributed by atoms with Crippen LogP contribution in [0.25, 0.3) is 0 Å². The number of rotatable bonds is 6. The van der Waals surface area contributed by atoms with E-state index in [9.17, 15) is 22.8 Å². The number of nitrogens with one attached hydrogen (secondary N) is 3. The van der Waals surface area contributed by atoms with Crippen molar-refractivity contribution in [2.75, 3.05) is 5.32 Å². The summed E-state index contributed by atoms with van der Waals surface area (Å²) in [6, 6.07) is 4.18. The van der Waals surface area contributed by atoms with Crippen molar-refractivity contribution in [3.05, 3.63) is 40.9 Å². The minimum atomic E-state index is -4.44. The molecule has 2 aromatic rings. The number of anilines is 2. The number of alkyl halides is 3. The molecule has 1 heterocycles. The summed E-state index contributed by atoms with van der Waals surface area (Å²) in [5, 5.41) is 9.83. The van der Waals surface area contributed by atoms with Crippen molar-refractivity contribution in [2.45, 2.75) is 38.0 Å². The summed E-state index contributed by atoms with van der Waals surface area (Å²) in [6.07, 6.45) is -2.55. The molecule has 1 aliphatic carbocycles. The maximum absolute atomic E-state index is 12.8. The van der Waals surface area contributed by atoms with Crippen molar-refractivity contribution in [2.24, 2.45) is 0 Å². The minimum absolute atomic E-state index is 0.0838. The lowest BCUT2D eigenvalue weighted by atomic mass is 10.2. The number of amides is 2. The zero-order valence-corrected chi connectivity index (χ0v) is 15.1. The second kappa shape index (κ2) is 7.55. The molecular formula is C17H17F3N4O2S. The van der Waals surface area contributed by atoms with E-state index in [-0.39, 0.29) is 28.5 Å². The van der Waals surface area contributed by atoms with E-state index in [1.54, 1.807) is 6.92 Å². The molecule has 2 amide bonds. The van der Waals surface area contributed by atoms with Crippen LogP contribution in [0.1, 0.15) is 35.8 Å². The predicted octanol–water partition coefficient (Wildman–Crippen LogP) is 3.30. The Morgan fingerprint density at radius 1 is 1.30 bits per heavy atom. The molecule has 3 rings (SSSR count). The largest absolute Gasteiger partial charge is 0.416 e. The van der Waals surface area contributed by atoms with Crippen LogP contribution in [0.3, 0.4) is 0 Å². The van der Waals surface area contributed by atoms with Crippen LogP contribution in [0.2, 0.25) is 0 Å². The first-order valence-electron chi connectivity index (χ1n) is 8.23. The molecule has 27 heavy (non-hydrogen) atoms. The summed E-state index contributed by atoms with van der Waals surface area (Å²) >= 11 is 1.08. The lowest BCUT2D eigenvalue weighted by Crippen LogP contribution is -2.45. The van der Waals surface area contributed by atoms with Crippen LogP contribution in [-0.2, 0) is 11.0 Å². The quantitative estimate of drug-likeness (QED) is 0.697. The van der Waals surface area contributed by atoms with Crippen molar-refractivity contribution < 1.29 is 22.8 Å². The average molecular weight is 398 g/mol. The van der Waals surface area contributed by atoms with Crippen molar-refractivity contribution in [3.8, 4) is 0 Å². The summed E-state index contributed by atoms with van der Waals surface area (Å²) in [4.78, 5) is 28.1. The standard InChI is InChI=1S/C17H17F3N4O2S/c1-9(14(25)22-11-5-6-11)21-15(26)13-8-27-16(24-13)23-12-4-2-3-10(7-12)17(18,19)20/h2-4,7-9,11H,5-6H2,1H3,(H,21,26)(H,22,25)(H,23,24). The zero-order chi connectivity index (χ0) is 19.6. The van der Waals surface area contributed by atoms with E-state index in [1.165, 1.54) is 17.5 Å². The molecule has 1 fully saturated rings. The number of carbonyl (C=O) groups is 2. The van der Waals surface area contributed by atoms with Gasteiger partial charge >= 0.3 is 6.18 Å². The van der Waals surface area contributed by atoms with Crippen LogP contribution in [0.5, 0.6) is 0 Å². The summed E-state index contributed by atoms with van der Waals surface area (Å²) in [5.41, 5.74) is -0.485. The van der Waals surface area contributed by atoms with Crippen LogP contribution in [0.15, 0.2) is 29.6 Å². The third kappa shape index (κ3) is 5.19. The van der Waals surface area contributed by atoms with Gasteiger partial charge in [0.25, 0.3) is 5.91 Å². The van der Waals surface area contributed by atoms with Crippen molar-refractivity contribution >= 4 is 34.0 Å². The molecule has 0 saturated heterocycles. The van der Waals surface area contributed by atoms with Crippen LogP contribution < -0.4 is 16.0 Å². The number of aromatic nitrogens is 1. The van der Waals surface area contributed by atoms with Crippen molar-refractivity contribution in [1.29, 1.82) is 0 Å². The third-order valence-corrected chi connectivity index (χ3v) is 4.60. The van der Waals surface area contributed by atoms with Gasteiger partial charge in [0.15, 0.2) is 5.13 Å². The van der Waals surface area contributed by atoms with Gasteiger partial charge in [0.05, 0.1) is 5.56 Å². The van der Waals surface area contributed by atoms with Gasteiger partial charge < -0.3 is 16.0 Å². The Balaban J connectivity index is 1.60. The highest BCUT2D eigenvalue weighted by molar-refractivity contribution is 7.14. The fraction of sp³-hybridized carbons (Fsp3) is 0.353. The molecule has 1 aromatic heterocycles. The first-order valence-corrected chi connectivity index (χ1v) is 9.11. The summed E-state index contributed by atoms with van der Waals surface area (Å²) < 4.78 is 38.3. The second-order valence-electron chi connectivity index (χ2n) is 6.22. The first kappa shape index (κ1) is 19.2. The molecule has 1 atom stereocenters. The Hall–Kier alpha value is -2.62. The van der Waals surface area contributed by atoms with Gasteiger partial charge in [-0.3, -0.25) is 9.59 Å². The minimum Gasteiger partial charge on any atom is -0.352 e. The van der Waals surface area contributed by atoms with Crippen molar-refractivity contribution in [1.82, 2.24) is 15.6 Å². The summed E-state index contributed by atoms with van der Waals surface area (Å²) in [7, 11) is 0. The molecule has 1 unspecified atom stereocenters. The third-order valence-electron chi connectivity index (χ3n) is 3.84. The first-order chi connectivity index (χ1) is 12.7. The van der Waals surface area contributed by atoms with Crippen LogP contribution in [0.4, 0.5) is 24.0 Å². The van der Waals surface area contributed by atoms with E-state index in [2.05, 4.69) is 20.9 Å². The van der Waals surface area contributed by atoms with E-state index in [0.29, 0.717) is 0 Å². The number of benzene rings is 1. The van der Waals surface area contributed by atoms with Crippen LogP contribution >= 0.6 is 11.3 Å². The van der Waals surface area contributed by atoms with Crippen molar-refractivity contribution in [3.63, 3.8) is 0 Å². The highest BCUT2D eigenvalue weighted by Gasteiger charge is 2.30. The molecule has 3 N–H and O–H groups in total. The fourth-order valence-corrected chi connectivity index (χ4v) is 2.93. The van der Waals surface area contributed by atoms with Gasteiger partial charge in [0.1, 0.15) is 11.7 Å². The topological polar surface area (TPSA) is 83.1 Å². The van der Waals surface area contributed by atoms with E-state index >= 15 is 0 Å². The Bertz CT molecular complexity index is 849. The highest BCUT2D eigenvalue weighted by atomic mass is 32.1. The Morgan fingerprint density at radius 2 is 2.04 bits per heavy atom. The lowest BCUT2D eigenvalue weighted by molar-refractivity contribution is -0.137. The van der Waals surface area contributed by atoms with Gasteiger partial charge in [-0.25, -0.2) is 4.98 Å². The predicted molar refractivity (Wildman–Crippen MR) is 94.9 cm³/mol. The number of nitrogens with zero attached hydrogens (tertiary/aromatic N) is 1. The number of carbonyl (C=O) groups excluding carboxylic acids is 2. The number of hydrogen-bond acceptors (Lipinski definition) is 5. The highest BCUT2D eigenvalue weighted by Crippen LogP contribution is 2.31. The second-order valence-corrected chi connectivity index (χ2v) is 7.08. The van der Waals surface area contributed by atoms with Gasteiger partial charge in [0, 0.05) is 17.1 Å². The number of hydrogen-bond donors (Lipinski definition) is 3. The smallest absolute Gasteiger partial charge is 0.352 e. The van der Waals surface area contributed by atoms with E-state index < -0.39 is 23.7 Å². The average Bonchev–Trinajstić information content (AvgIpc) is 3.29. The molecule has 0 radical (unpaired) electrons. The Morgan fingerprint density at radius 3 is 2.70 bits per heavy atom. The molecular weight excluding hydrogens is 381 g/mol. The maximum atomic E-state index is 12.8. The normalized spacial score (nSPS) is 15.1. The zero-order valence-electron chi connectivity index (χ0n) is 14.3. The Kier molecular flexibility index (Phi) is 5.36. The molecule has 0 aliphatic heterocycles. The molecule has 1 aromatic carbocycles. The van der Waals surface area contributed by atoms with Gasteiger partial charge in [-0.2, -0.15) is 13.2 Å². The molecule has 0 spiro atoms. The SMILES string of the molecule is CC(NC(=O)c1csc(Nc2cccc(C(F)(F)F)c2)n1)C(=O)NC1CC1. The van der Waals surface area contributed by atoms with E-state index in [1.807, 2.05) is 0 Å². The summed E-state index contributed by atoms with van der Waals surface area (Å²) in [6.45, 7) is 1.57. The molecule has 1 aliphatic rings. The van der Waals surface area contributed by atoms with Crippen LogP contribution in [0, 0.1) is 0 Å². The number of thiazole rings is 1. The van der Waals surface area contributed by atoms with Gasteiger partial charge in [-0.05, 0) is 38.0 Å². The summed E-state index contributed by atoms with van der Waals surface area (Å²) in [5.74, 6) is -0.787. The monoisotopic (exact) mass is 398 g/mol. The number of halogens is 3. The van der Waals surface area contributed by atoms with Crippen LogP contribution in [-0.4, -0.2) is 28.9 Å².